The highest BCUT2D eigenvalue weighted by molar-refractivity contribution is 7.36. The van der Waals surface area contributed by atoms with Crippen LogP contribution >= 0.6 is 8.18 Å². The topological polar surface area (TPSA) is 73.9 Å². The standard InChI is InChI=1S/C35H61NO5P/c1-5-7-9-11-13-15-20-24-32(25-21-16-14-12-10-8-6-2)40-34(37)33(28-31-22-18-17-19-23-31)36-42(38)39-29-35(4)27-26-30(3)41-35/h17-19,22-23,30,32-33H,5-16,20-21,24-29H2,1-4H3,(H,36,38)/q+1/t30-,33-,35-/m0/s1. The van der Waals surface area contributed by atoms with Crippen LogP contribution in [0.5, 0.6) is 0 Å². The molecule has 1 N–H and O–H groups in total. The molecular weight excluding hydrogens is 545 g/mol. The third-order valence-electron chi connectivity index (χ3n) is 8.42. The zero-order valence-corrected chi connectivity index (χ0v) is 28.1. The molecule has 1 unspecified atom stereocenters. The molecule has 1 aromatic rings. The first-order valence-corrected chi connectivity index (χ1v) is 18.3. The van der Waals surface area contributed by atoms with Crippen molar-refractivity contribution in [1.82, 2.24) is 5.09 Å². The average Bonchev–Trinajstić information content (AvgIpc) is 3.33. The lowest BCUT2D eigenvalue weighted by atomic mass is 10.0. The lowest BCUT2D eigenvalue weighted by Crippen LogP contribution is -2.39. The molecule has 1 aliphatic heterocycles. The number of nitrogens with one attached hydrogen (secondary N) is 1. The van der Waals surface area contributed by atoms with Crippen molar-refractivity contribution in [2.24, 2.45) is 0 Å². The zero-order valence-electron chi connectivity index (χ0n) is 27.2. The molecule has 1 saturated heterocycles. The zero-order chi connectivity index (χ0) is 30.5. The molecule has 0 bridgehead atoms. The molecule has 7 heteroatoms. The Labute approximate surface area is 258 Å². The first kappa shape index (κ1) is 36.9. The van der Waals surface area contributed by atoms with Gasteiger partial charge in [0.15, 0.2) is 6.04 Å². The largest absolute Gasteiger partial charge is 0.613 e. The van der Waals surface area contributed by atoms with Gasteiger partial charge in [0.25, 0.3) is 0 Å². The Kier molecular flexibility index (Phi) is 19.5. The summed E-state index contributed by atoms with van der Waals surface area (Å²) in [5.41, 5.74) is 0.547. The number of hydrogen-bond acceptors (Lipinski definition) is 5. The number of rotatable bonds is 25. The van der Waals surface area contributed by atoms with Gasteiger partial charge >= 0.3 is 14.1 Å². The van der Waals surface area contributed by atoms with Crippen LogP contribution in [0.4, 0.5) is 0 Å². The van der Waals surface area contributed by atoms with Gasteiger partial charge < -0.3 is 9.47 Å². The number of carbonyl (C=O) groups excluding carboxylic acids is 1. The predicted molar refractivity (Wildman–Crippen MR) is 174 cm³/mol. The van der Waals surface area contributed by atoms with Gasteiger partial charge in [0.2, 0.25) is 0 Å². The lowest BCUT2D eigenvalue weighted by molar-refractivity contribution is -0.152. The van der Waals surface area contributed by atoms with Gasteiger partial charge in [-0.1, -0.05) is 126 Å². The van der Waals surface area contributed by atoms with Crippen LogP contribution < -0.4 is 5.09 Å². The summed E-state index contributed by atoms with van der Waals surface area (Å²) in [4.78, 5) is 13.6. The van der Waals surface area contributed by atoms with Crippen molar-refractivity contribution in [3.63, 3.8) is 0 Å². The number of esters is 1. The highest BCUT2D eigenvalue weighted by Gasteiger charge is 2.39. The van der Waals surface area contributed by atoms with E-state index in [2.05, 4.69) is 18.9 Å². The fraction of sp³-hybridized carbons (Fsp3) is 0.800. The van der Waals surface area contributed by atoms with E-state index < -0.39 is 19.8 Å². The highest BCUT2D eigenvalue weighted by atomic mass is 31.1. The number of hydrogen-bond donors (Lipinski definition) is 1. The van der Waals surface area contributed by atoms with Crippen molar-refractivity contribution in [1.29, 1.82) is 0 Å². The molecule has 42 heavy (non-hydrogen) atoms. The van der Waals surface area contributed by atoms with Crippen molar-refractivity contribution in [2.75, 3.05) is 6.61 Å². The molecule has 6 nitrogen and oxygen atoms in total. The molecule has 0 saturated carbocycles. The first-order valence-electron chi connectivity index (χ1n) is 17.1. The summed E-state index contributed by atoms with van der Waals surface area (Å²) in [6.45, 7) is 8.76. The molecule has 0 radical (unpaired) electrons. The van der Waals surface area contributed by atoms with Gasteiger partial charge in [-0.05, 0) is 62.5 Å². The highest BCUT2D eigenvalue weighted by Crippen LogP contribution is 2.33. The Balaban J connectivity index is 1.95. The molecular formula is C35H61NO5P+. The Bertz CT molecular complexity index is 835. The molecule has 0 aliphatic carbocycles. The lowest BCUT2D eigenvalue weighted by Gasteiger charge is -2.22. The fourth-order valence-corrected chi connectivity index (χ4v) is 6.69. The summed E-state index contributed by atoms with van der Waals surface area (Å²) >= 11 is 0. The van der Waals surface area contributed by atoms with Crippen LogP contribution in [0.1, 0.15) is 149 Å². The maximum atomic E-state index is 13.6. The van der Waals surface area contributed by atoms with Gasteiger partial charge in [0.05, 0.1) is 11.7 Å². The molecule has 240 valence electrons. The molecule has 1 fully saturated rings. The van der Waals surface area contributed by atoms with Crippen molar-refractivity contribution in [3.8, 4) is 0 Å². The van der Waals surface area contributed by atoms with Crippen molar-refractivity contribution in [2.45, 2.75) is 174 Å². The summed E-state index contributed by atoms with van der Waals surface area (Å²) in [6, 6.07) is 9.10. The maximum absolute atomic E-state index is 13.6. The minimum absolute atomic E-state index is 0.102. The van der Waals surface area contributed by atoms with Crippen molar-refractivity contribution >= 4 is 14.1 Å². The second-order valence-corrected chi connectivity index (χ2v) is 13.7. The number of ether oxygens (including phenoxy) is 2. The molecule has 0 spiro atoms. The molecule has 2 rings (SSSR count). The smallest absolute Gasteiger partial charge is 0.461 e. The van der Waals surface area contributed by atoms with Crippen LogP contribution in [0.25, 0.3) is 0 Å². The van der Waals surface area contributed by atoms with Crippen LogP contribution in [-0.4, -0.2) is 36.4 Å². The van der Waals surface area contributed by atoms with E-state index in [-0.39, 0.29) is 24.8 Å². The van der Waals surface area contributed by atoms with E-state index in [0.29, 0.717) is 6.42 Å². The molecule has 1 aliphatic rings. The molecule has 4 atom stereocenters. The number of unbranched alkanes of at least 4 members (excludes halogenated alkanes) is 12. The monoisotopic (exact) mass is 606 g/mol. The molecule has 0 aromatic heterocycles. The van der Waals surface area contributed by atoms with Crippen LogP contribution in [0.15, 0.2) is 30.3 Å². The van der Waals surface area contributed by atoms with E-state index in [9.17, 15) is 9.36 Å². The van der Waals surface area contributed by atoms with Gasteiger partial charge in [0, 0.05) is 6.42 Å². The molecule has 1 heterocycles. The molecule has 1 aromatic carbocycles. The quantitative estimate of drug-likeness (QED) is 0.0678. The summed E-state index contributed by atoms with van der Waals surface area (Å²) < 4.78 is 30.9. The van der Waals surface area contributed by atoms with Gasteiger partial charge in [-0.2, -0.15) is 0 Å². The fourth-order valence-electron chi connectivity index (χ4n) is 5.78. The second kappa shape index (κ2) is 22.2. The van der Waals surface area contributed by atoms with E-state index >= 15 is 0 Å². The Morgan fingerprint density at radius 1 is 0.929 bits per heavy atom. The van der Waals surface area contributed by atoms with Crippen LogP contribution in [-0.2, 0) is 29.8 Å². The summed E-state index contributed by atoms with van der Waals surface area (Å²) in [5.74, 6) is -0.335. The maximum Gasteiger partial charge on any atom is 0.613 e. The van der Waals surface area contributed by atoms with Crippen molar-refractivity contribution < 1.29 is 23.4 Å². The van der Waals surface area contributed by atoms with E-state index in [1.165, 1.54) is 77.0 Å². The van der Waals surface area contributed by atoms with E-state index in [4.69, 9.17) is 14.0 Å². The minimum atomic E-state index is -2.26. The summed E-state index contributed by atoms with van der Waals surface area (Å²) in [5, 5.41) is 2.97. The predicted octanol–water partition coefficient (Wildman–Crippen LogP) is 10.0. The number of carbonyl (C=O) groups is 1. The van der Waals surface area contributed by atoms with E-state index in [0.717, 1.165) is 44.1 Å². The van der Waals surface area contributed by atoms with E-state index in [1.807, 2.05) is 44.2 Å². The third kappa shape index (κ3) is 16.5. The first-order chi connectivity index (χ1) is 20.3. The van der Waals surface area contributed by atoms with Gasteiger partial charge in [-0.25, -0.2) is 0 Å². The summed E-state index contributed by atoms with van der Waals surface area (Å²) in [7, 11) is -2.26. The molecule has 0 amide bonds. The van der Waals surface area contributed by atoms with Crippen LogP contribution in [0.3, 0.4) is 0 Å². The van der Waals surface area contributed by atoms with Gasteiger partial charge in [-0.15, -0.1) is 4.52 Å². The second-order valence-electron chi connectivity index (χ2n) is 12.7. The summed E-state index contributed by atoms with van der Waals surface area (Å²) in [6.07, 6.45) is 21.4. The van der Waals surface area contributed by atoms with Crippen molar-refractivity contribution in [3.05, 3.63) is 35.9 Å². The SMILES string of the molecule is CCCCCCCCCC(CCCCCCCCC)OC(=O)[C@H](Cc1ccccc1)N[P+](=O)OC[C@]1(C)CC[C@H](C)O1. The Morgan fingerprint density at radius 2 is 1.48 bits per heavy atom. The van der Waals surface area contributed by atoms with Crippen LogP contribution in [0, 0.1) is 0 Å². The third-order valence-corrected chi connectivity index (χ3v) is 9.31. The normalized spacial score (nSPS) is 19.7. The van der Waals surface area contributed by atoms with Gasteiger partial charge in [0.1, 0.15) is 12.7 Å². The van der Waals surface area contributed by atoms with E-state index in [1.54, 1.807) is 0 Å². The van der Waals surface area contributed by atoms with Gasteiger partial charge in [-0.3, -0.25) is 4.79 Å². The number of benzene rings is 1. The Morgan fingerprint density at radius 3 is 2.00 bits per heavy atom. The Hall–Kier alpha value is -1.33. The average molecular weight is 607 g/mol. The minimum Gasteiger partial charge on any atom is -0.461 e. The van der Waals surface area contributed by atoms with Crippen LogP contribution in [0.2, 0.25) is 0 Å².